The van der Waals surface area contributed by atoms with Crippen molar-refractivity contribution in [1.29, 1.82) is 5.26 Å². The largest absolute Gasteiger partial charge is 0.295 e. The Morgan fingerprint density at radius 1 is 1.10 bits per heavy atom. The topological polar surface area (TPSA) is 35.8 Å². The molecule has 0 spiro atoms. The molecule has 0 saturated carbocycles. The molecule has 1 aliphatic heterocycles. The fraction of sp³-hybridized carbons (Fsp3) is 0.235. The van der Waals surface area contributed by atoms with E-state index < -0.39 is 6.67 Å². The maximum Gasteiger partial charge on any atom is 0.131 e. The molecule has 3 atom stereocenters. The zero-order valence-corrected chi connectivity index (χ0v) is 11.3. The van der Waals surface area contributed by atoms with Crippen molar-refractivity contribution in [2.24, 2.45) is 0 Å². The first-order chi connectivity index (χ1) is 10.2. The highest BCUT2D eigenvalue weighted by molar-refractivity contribution is 5.64. The molecule has 0 aliphatic carbocycles. The van der Waals surface area contributed by atoms with Crippen LogP contribution < -0.4 is 5.32 Å². The molecule has 0 radical (unpaired) electrons. The fourth-order valence-electron chi connectivity index (χ4n) is 2.81. The van der Waals surface area contributed by atoms with Crippen LogP contribution in [-0.2, 0) is 0 Å². The van der Waals surface area contributed by atoms with E-state index in [1.54, 1.807) is 18.2 Å². The Kier molecular flexibility index (Phi) is 3.68. The maximum atomic E-state index is 13.7. The summed E-state index contributed by atoms with van der Waals surface area (Å²) < 4.78 is 26.6. The van der Waals surface area contributed by atoms with Crippen molar-refractivity contribution in [3.8, 4) is 17.2 Å². The lowest BCUT2D eigenvalue weighted by molar-refractivity contribution is 0.210. The van der Waals surface area contributed by atoms with Crippen LogP contribution in [0.2, 0.25) is 0 Å². The third-order valence-corrected chi connectivity index (χ3v) is 3.97. The van der Waals surface area contributed by atoms with Crippen molar-refractivity contribution in [2.75, 3.05) is 6.67 Å². The Morgan fingerprint density at radius 3 is 2.43 bits per heavy atom. The molecule has 4 heteroatoms. The van der Waals surface area contributed by atoms with E-state index in [4.69, 9.17) is 5.26 Å². The summed E-state index contributed by atoms with van der Waals surface area (Å²) in [4.78, 5) is 0. The Labute approximate surface area is 122 Å². The van der Waals surface area contributed by atoms with Gasteiger partial charge in [0, 0.05) is 17.5 Å². The van der Waals surface area contributed by atoms with Crippen molar-refractivity contribution < 1.29 is 8.78 Å². The zero-order chi connectivity index (χ0) is 14.8. The number of nitrogens with one attached hydrogen (secondary N) is 1. The first-order valence-electron chi connectivity index (χ1n) is 6.81. The van der Waals surface area contributed by atoms with Gasteiger partial charge >= 0.3 is 0 Å². The minimum Gasteiger partial charge on any atom is -0.295 e. The normalized spacial score (nSPS) is 24.1. The van der Waals surface area contributed by atoms with E-state index in [2.05, 4.69) is 11.4 Å². The predicted octanol–water partition coefficient (Wildman–Crippen LogP) is 3.41. The van der Waals surface area contributed by atoms with Gasteiger partial charge in [-0.3, -0.25) is 5.32 Å². The number of hydrogen-bond donors (Lipinski definition) is 1. The van der Waals surface area contributed by atoms with Gasteiger partial charge in [0.05, 0.1) is 6.07 Å². The van der Waals surface area contributed by atoms with Crippen molar-refractivity contribution in [2.45, 2.75) is 18.0 Å². The van der Waals surface area contributed by atoms with E-state index in [1.165, 1.54) is 6.07 Å². The summed E-state index contributed by atoms with van der Waals surface area (Å²) in [5.41, 5.74) is 2.21. The van der Waals surface area contributed by atoms with Gasteiger partial charge < -0.3 is 0 Å². The molecule has 3 rings (SSSR count). The molecule has 1 heterocycles. The van der Waals surface area contributed by atoms with Crippen LogP contribution in [0, 0.1) is 17.1 Å². The van der Waals surface area contributed by atoms with Crippen molar-refractivity contribution >= 4 is 0 Å². The Balaban J connectivity index is 1.88. The van der Waals surface area contributed by atoms with Gasteiger partial charge in [-0.1, -0.05) is 42.5 Å². The fourth-order valence-corrected chi connectivity index (χ4v) is 2.81. The van der Waals surface area contributed by atoms with Crippen LogP contribution in [0.5, 0.6) is 0 Å². The van der Waals surface area contributed by atoms with Gasteiger partial charge in [0.15, 0.2) is 0 Å². The second-order valence-electron chi connectivity index (χ2n) is 5.16. The van der Waals surface area contributed by atoms with Crippen LogP contribution in [0.15, 0.2) is 48.5 Å². The first-order valence-corrected chi connectivity index (χ1v) is 6.81. The third kappa shape index (κ3) is 2.41. The van der Waals surface area contributed by atoms with E-state index in [-0.39, 0.29) is 23.8 Å². The maximum absolute atomic E-state index is 13.7. The second-order valence-corrected chi connectivity index (χ2v) is 5.16. The van der Waals surface area contributed by atoms with Crippen molar-refractivity contribution in [1.82, 2.24) is 5.32 Å². The molecule has 1 N–H and O–H groups in total. The monoisotopic (exact) mass is 284 g/mol. The highest BCUT2D eigenvalue weighted by Gasteiger charge is 2.41. The van der Waals surface area contributed by atoms with Crippen LogP contribution in [0.1, 0.15) is 11.5 Å². The summed E-state index contributed by atoms with van der Waals surface area (Å²) in [6, 6.07) is 15.4. The molecular formula is C17H14F2N2. The molecule has 1 aliphatic rings. The summed E-state index contributed by atoms with van der Waals surface area (Å²) >= 11 is 0. The van der Waals surface area contributed by atoms with Crippen LogP contribution in [0.25, 0.3) is 11.1 Å². The smallest absolute Gasteiger partial charge is 0.131 e. The molecule has 0 aromatic heterocycles. The number of alkyl halides is 1. The molecule has 2 nitrogen and oxygen atoms in total. The summed E-state index contributed by atoms with van der Waals surface area (Å²) in [6.07, 6.45) is 0. The quantitative estimate of drug-likeness (QED) is 0.937. The van der Waals surface area contributed by atoms with Gasteiger partial charge in [0.1, 0.15) is 18.5 Å². The van der Waals surface area contributed by atoms with Gasteiger partial charge in [0.25, 0.3) is 0 Å². The van der Waals surface area contributed by atoms with Gasteiger partial charge in [-0.2, -0.15) is 5.26 Å². The average molecular weight is 284 g/mol. The summed E-state index contributed by atoms with van der Waals surface area (Å²) in [7, 11) is 0. The number of rotatable bonds is 3. The third-order valence-electron chi connectivity index (χ3n) is 3.97. The van der Waals surface area contributed by atoms with Gasteiger partial charge in [-0.15, -0.1) is 0 Å². The SMILES string of the molecule is N#C[C@@H]1N[C@@H](CF)[C@H]1c1ccc(-c2ccccc2F)cc1. The molecule has 21 heavy (non-hydrogen) atoms. The Bertz CT molecular complexity index is 676. The second kappa shape index (κ2) is 5.63. The van der Waals surface area contributed by atoms with E-state index in [0.29, 0.717) is 5.56 Å². The molecule has 0 amide bonds. The molecule has 106 valence electrons. The molecule has 2 aromatic rings. The summed E-state index contributed by atoms with van der Waals surface area (Å²) in [6.45, 7) is -0.502. The zero-order valence-electron chi connectivity index (χ0n) is 11.3. The lowest BCUT2D eigenvalue weighted by Gasteiger charge is -2.41. The van der Waals surface area contributed by atoms with Crippen molar-refractivity contribution in [3.63, 3.8) is 0 Å². The molecule has 1 saturated heterocycles. The molecule has 0 unspecified atom stereocenters. The van der Waals surface area contributed by atoms with E-state index in [0.717, 1.165) is 11.1 Å². The number of nitrogens with zero attached hydrogens (tertiary/aromatic N) is 1. The van der Waals surface area contributed by atoms with Crippen LogP contribution in [-0.4, -0.2) is 18.8 Å². The van der Waals surface area contributed by atoms with Gasteiger partial charge in [0.2, 0.25) is 0 Å². The van der Waals surface area contributed by atoms with Crippen LogP contribution in [0.3, 0.4) is 0 Å². The van der Waals surface area contributed by atoms with E-state index in [1.807, 2.05) is 24.3 Å². The van der Waals surface area contributed by atoms with E-state index >= 15 is 0 Å². The Hall–Kier alpha value is -2.25. The van der Waals surface area contributed by atoms with Crippen LogP contribution >= 0.6 is 0 Å². The van der Waals surface area contributed by atoms with Crippen molar-refractivity contribution in [3.05, 3.63) is 59.9 Å². The lowest BCUT2D eigenvalue weighted by atomic mass is 9.78. The van der Waals surface area contributed by atoms with E-state index in [9.17, 15) is 8.78 Å². The Morgan fingerprint density at radius 2 is 1.81 bits per heavy atom. The van der Waals surface area contributed by atoms with Gasteiger partial charge in [-0.25, -0.2) is 8.78 Å². The number of halogens is 2. The highest BCUT2D eigenvalue weighted by atomic mass is 19.1. The standard InChI is InChI=1S/C17H14F2N2/c18-9-15-17(16(10-20)21-15)12-7-5-11(6-8-12)13-3-1-2-4-14(13)19/h1-8,15-17,21H,9H2/t15-,16-,17+/m0/s1. The lowest BCUT2D eigenvalue weighted by Crippen LogP contribution is -2.59. The van der Waals surface area contributed by atoms with Crippen LogP contribution in [0.4, 0.5) is 8.78 Å². The minimum absolute atomic E-state index is 0.144. The molecular weight excluding hydrogens is 270 g/mol. The summed E-state index contributed by atoms with van der Waals surface area (Å²) in [5.74, 6) is -0.415. The molecule has 1 fully saturated rings. The highest BCUT2D eigenvalue weighted by Crippen LogP contribution is 2.33. The summed E-state index contributed by atoms with van der Waals surface area (Å²) in [5, 5.41) is 11.9. The number of nitriles is 1. The average Bonchev–Trinajstić information content (AvgIpc) is 2.49. The predicted molar refractivity (Wildman–Crippen MR) is 76.9 cm³/mol. The minimum atomic E-state index is -0.502. The number of benzene rings is 2. The van der Waals surface area contributed by atoms with Gasteiger partial charge in [-0.05, 0) is 17.2 Å². The first kappa shape index (κ1) is 13.7. The molecule has 0 bridgehead atoms. The molecule has 2 aromatic carbocycles. The number of hydrogen-bond acceptors (Lipinski definition) is 2.